The maximum atomic E-state index is 12.5. The number of nitrogens with zero attached hydrogens (tertiary/aromatic N) is 1. The first-order valence-electron chi connectivity index (χ1n) is 8.04. The van der Waals surface area contributed by atoms with Gasteiger partial charge in [-0.2, -0.15) is 0 Å². The number of nitrogens with one attached hydrogen (secondary N) is 1. The number of rotatable bonds is 3. The lowest BCUT2D eigenvalue weighted by molar-refractivity contribution is -0.131. The summed E-state index contributed by atoms with van der Waals surface area (Å²) in [6.45, 7) is 0.743. The Balaban J connectivity index is 1.56. The Hall–Kier alpha value is -2.77. The highest BCUT2D eigenvalue weighted by atomic mass is 35.5. The minimum atomic E-state index is -0.658. The van der Waals surface area contributed by atoms with Gasteiger partial charge < -0.3 is 10.2 Å². The molecule has 1 atom stereocenters. The monoisotopic (exact) mass is 352 g/mol. The molecule has 1 N–H and O–H groups in total. The van der Waals surface area contributed by atoms with Crippen LogP contribution in [0.5, 0.6) is 0 Å². The van der Waals surface area contributed by atoms with Crippen LogP contribution in [0.1, 0.15) is 12.0 Å². The van der Waals surface area contributed by atoms with Gasteiger partial charge >= 0.3 is 0 Å². The number of hydrogen-bond acceptors (Lipinski definition) is 2. The van der Waals surface area contributed by atoms with E-state index in [0.717, 1.165) is 11.3 Å². The van der Waals surface area contributed by atoms with Gasteiger partial charge in [-0.15, -0.1) is 0 Å². The number of halogens is 1. The molecule has 3 rings (SSSR count). The molecule has 0 spiro atoms. The standard InChI is InChI=1S/C20H17ClN2O2/c21-16-8-10-17(11-9-16)23-14-12-18(20(23)25)19(24)22-13-4-7-15-5-2-1-3-6-15/h1-3,5-6,8-11,18H,12-14H2,(H,22,24)/t18-/m1/s1. The third kappa shape index (κ3) is 4.20. The quantitative estimate of drug-likeness (QED) is 0.682. The first-order chi connectivity index (χ1) is 12.1. The smallest absolute Gasteiger partial charge is 0.239 e. The molecule has 2 amide bonds. The zero-order valence-corrected chi connectivity index (χ0v) is 14.3. The molecule has 1 heterocycles. The summed E-state index contributed by atoms with van der Waals surface area (Å²) in [5.74, 6) is 4.75. The van der Waals surface area contributed by atoms with Crippen molar-refractivity contribution in [3.05, 3.63) is 65.2 Å². The van der Waals surface area contributed by atoms with Crippen LogP contribution in [0.3, 0.4) is 0 Å². The first kappa shape index (κ1) is 17.1. The first-order valence-corrected chi connectivity index (χ1v) is 8.41. The Morgan fingerprint density at radius 2 is 1.88 bits per heavy atom. The van der Waals surface area contributed by atoms with Crippen LogP contribution in [-0.2, 0) is 9.59 Å². The number of anilines is 1. The van der Waals surface area contributed by atoms with E-state index >= 15 is 0 Å². The predicted octanol–water partition coefficient (Wildman–Crippen LogP) is 2.86. The van der Waals surface area contributed by atoms with Gasteiger partial charge in [0, 0.05) is 22.8 Å². The normalized spacial score (nSPS) is 16.3. The van der Waals surface area contributed by atoms with Crippen LogP contribution >= 0.6 is 11.6 Å². The van der Waals surface area contributed by atoms with Crippen molar-refractivity contribution < 1.29 is 9.59 Å². The largest absolute Gasteiger partial charge is 0.344 e. The van der Waals surface area contributed by atoms with E-state index in [1.807, 2.05) is 30.3 Å². The van der Waals surface area contributed by atoms with Gasteiger partial charge in [-0.05, 0) is 42.8 Å². The molecule has 25 heavy (non-hydrogen) atoms. The summed E-state index contributed by atoms with van der Waals surface area (Å²) in [7, 11) is 0. The third-order valence-electron chi connectivity index (χ3n) is 4.02. The molecular formula is C20H17ClN2O2. The Labute approximate surface area is 151 Å². The van der Waals surface area contributed by atoms with Crippen LogP contribution in [0, 0.1) is 17.8 Å². The Bertz CT molecular complexity index is 822. The average molecular weight is 353 g/mol. The highest BCUT2D eigenvalue weighted by molar-refractivity contribution is 6.30. The molecule has 0 unspecified atom stereocenters. The van der Waals surface area contributed by atoms with Crippen molar-refractivity contribution in [2.75, 3.05) is 18.0 Å². The molecule has 0 radical (unpaired) electrons. The topological polar surface area (TPSA) is 49.4 Å². The second-order valence-corrected chi connectivity index (χ2v) is 6.13. The lowest BCUT2D eigenvalue weighted by Gasteiger charge is -2.16. The summed E-state index contributed by atoms with van der Waals surface area (Å²) in [6, 6.07) is 16.6. The number of benzene rings is 2. The second kappa shape index (κ2) is 7.87. The molecule has 126 valence electrons. The fraction of sp³-hybridized carbons (Fsp3) is 0.200. The van der Waals surface area contributed by atoms with Gasteiger partial charge in [-0.1, -0.05) is 41.6 Å². The van der Waals surface area contributed by atoms with Crippen LogP contribution in [0.4, 0.5) is 5.69 Å². The van der Waals surface area contributed by atoms with E-state index in [2.05, 4.69) is 17.2 Å². The zero-order chi connectivity index (χ0) is 17.6. The fourth-order valence-corrected chi connectivity index (χ4v) is 2.85. The number of amides is 2. The van der Waals surface area contributed by atoms with E-state index in [4.69, 9.17) is 11.6 Å². The summed E-state index contributed by atoms with van der Waals surface area (Å²) in [6.07, 6.45) is 0.499. The fourth-order valence-electron chi connectivity index (χ4n) is 2.72. The van der Waals surface area contributed by atoms with E-state index in [0.29, 0.717) is 18.0 Å². The van der Waals surface area contributed by atoms with Crippen molar-refractivity contribution in [1.29, 1.82) is 0 Å². The van der Waals surface area contributed by atoms with Crippen molar-refractivity contribution in [3.8, 4) is 11.8 Å². The van der Waals surface area contributed by atoms with Crippen molar-refractivity contribution in [1.82, 2.24) is 5.32 Å². The maximum Gasteiger partial charge on any atom is 0.239 e. The molecule has 4 nitrogen and oxygen atoms in total. The summed E-state index contributed by atoms with van der Waals surface area (Å²) >= 11 is 5.87. The average Bonchev–Trinajstić information content (AvgIpc) is 3.02. The van der Waals surface area contributed by atoms with Gasteiger partial charge in [0.1, 0.15) is 5.92 Å². The van der Waals surface area contributed by atoms with E-state index in [9.17, 15) is 9.59 Å². The highest BCUT2D eigenvalue weighted by Crippen LogP contribution is 2.26. The minimum absolute atomic E-state index is 0.184. The lowest BCUT2D eigenvalue weighted by Crippen LogP contribution is -2.37. The van der Waals surface area contributed by atoms with Gasteiger partial charge in [0.05, 0.1) is 6.54 Å². The molecule has 0 bridgehead atoms. The van der Waals surface area contributed by atoms with Crippen LogP contribution < -0.4 is 10.2 Å². The van der Waals surface area contributed by atoms with E-state index in [-0.39, 0.29) is 18.4 Å². The third-order valence-corrected chi connectivity index (χ3v) is 4.27. The molecule has 1 aliphatic heterocycles. The van der Waals surface area contributed by atoms with Gasteiger partial charge in [-0.25, -0.2) is 0 Å². The molecule has 1 fully saturated rings. The Kier molecular flexibility index (Phi) is 5.37. The molecule has 5 heteroatoms. The summed E-state index contributed by atoms with van der Waals surface area (Å²) in [5.41, 5.74) is 1.65. The molecule has 0 aliphatic carbocycles. The van der Waals surface area contributed by atoms with E-state index < -0.39 is 5.92 Å². The zero-order valence-electron chi connectivity index (χ0n) is 13.5. The van der Waals surface area contributed by atoms with Gasteiger partial charge in [0.15, 0.2) is 0 Å². The highest BCUT2D eigenvalue weighted by Gasteiger charge is 2.37. The lowest BCUT2D eigenvalue weighted by atomic mass is 10.1. The molecule has 1 saturated heterocycles. The molecule has 0 saturated carbocycles. The number of carbonyl (C=O) groups is 2. The van der Waals surface area contributed by atoms with Crippen LogP contribution in [0.15, 0.2) is 54.6 Å². The number of hydrogen-bond donors (Lipinski definition) is 1. The maximum absolute atomic E-state index is 12.5. The SMILES string of the molecule is O=C(NCC#Cc1ccccc1)[C@H]1CCN(c2ccc(Cl)cc2)C1=O. The predicted molar refractivity (Wildman–Crippen MR) is 98.2 cm³/mol. The Morgan fingerprint density at radius 3 is 2.60 bits per heavy atom. The molecule has 0 aromatic heterocycles. The molecule has 2 aromatic rings. The van der Waals surface area contributed by atoms with Crippen molar-refractivity contribution in [2.24, 2.45) is 5.92 Å². The van der Waals surface area contributed by atoms with Crippen LogP contribution in [0.25, 0.3) is 0 Å². The summed E-state index contributed by atoms with van der Waals surface area (Å²) < 4.78 is 0. The van der Waals surface area contributed by atoms with Crippen LogP contribution in [0.2, 0.25) is 5.02 Å². The van der Waals surface area contributed by atoms with Crippen molar-refractivity contribution >= 4 is 29.1 Å². The molecule has 1 aliphatic rings. The minimum Gasteiger partial charge on any atom is -0.344 e. The van der Waals surface area contributed by atoms with E-state index in [1.165, 1.54) is 0 Å². The summed E-state index contributed by atoms with van der Waals surface area (Å²) in [5, 5.41) is 3.34. The van der Waals surface area contributed by atoms with Gasteiger partial charge in [0.2, 0.25) is 11.8 Å². The molecule has 2 aromatic carbocycles. The Morgan fingerprint density at radius 1 is 1.16 bits per heavy atom. The van der Waals surface area contributed by atoms with Gasteiger partial charge in [0.25, 0.3) is 0 Å². The molecular weight excluding hydrogens is 336 g/mol. The number of carbonyl (C=O) groups excluding carboxylic acids is 2. The summed E-state index contributed by atoms with van der Waals surface area (Å²) in [4.78, 5) is 26.4. The van der Waals surface area contributed by atoms with E-state index in [1.54, 1.807) is 29.2 Å². The van der Waals surface area contributed by atoms with Gasteiger partial charge in [-0.3, -0.25) is 9.59 Å². The van der Waals surface area contributed by atoms with Crippen molar-refractivity contribution in [3.63, 3.8) is 0 Å². The second-order valence-electron chi connectivity index (χ2n) is 5.69. The van der Waals surface area contributed by atoms with Crippen LogP contribution in [-0.4, -0.2) is 24.9 Å². The van der Waals surface area contributed by atoms with Crippen molar-refractivity contribution in [2.45, 2.75) is 6.42 Å².